The number of ether oxygens (including phenoxy) is 1. The number of nitrogens with one attached hydrogen (secondary N) is 2. The molecule has 120 valence electrons. The predicted octanol–water partition coefficient (Wildman–Crippen LogP) is 0.905. The lowest BCUT2D eigenvalue weighted by Crippen LogP contribution is -2.42. The molecule has 0 radical (unpaired) electrons. The van der Waals surface area contributed by atoms with E-state index in [2.05, 4.69) is 10.0 Å². The van der Waals surface area contributed by atoms with E-state index in [4.69, 9.17) is 4.74 Å². The minimum Gasteiger partial charge on any atom is -0.498 e. The van der Waals surface area contributed by atoms with Crippen LogP contribution in [0.1, 0.15) is 39.0 Å². The van der Waals surface area contributed by atoms with Crippen molar-refractivity contribution in [2.24, 2.45) is 5.92 Å². The average Bonchev–Trinajstić information content (AvgIpc) is 2.81. The summed E-state index contributed by atoms with van der Waals surface area (Å²) in [6.45, 7) is 2.99. The zero-order valence-electron chi connectivity index (χ0n) is 12.6. The van der Waals surface area contributed by atoms with Gasteiger partial charge in [-0.25, -0.2) is 13.1 Å². The maximum atomic E-state index is 12.2. The van der Waals surface area contributed by atoms with Crippen molar-refractivity contribution < 1.29 is 17.9 Å². The van der Waals surface area contributed by atoms with Crippen molar-refractivity contribution >= 4 is 15.9 Å². The van der Waals surface area contributed by atoms with Crippen molar-refractivity contribution in [3.05, 3.63) is 11.3 Å². The molecule has 6 nitrogen and oxygen atoms in total. The molecular weight excluding hydrogens is 292 g/mol. The average molecular weight is 316 g/mol. The van der Waals surface area contributed by atoms with Crippen LogP contribution in [0, 0.1) is 5.92 Å². The molecule has 2 rings (SSSR count). The topological polar surface area (TPSA) is 84.5 Å². The normalized spacial score (nSPS) is 26.6. The zero-order chi connectivity index (χ0) is 15.5. The molecule has 7 heteroatoms. The molecule has 0 aromatic rings. The second-order valence-corrected chi connectivity index (χ2v) is 7.66. The van der Waals surface area contributed by atoms with Gasteiger partial charge in [-0.05, 0) is 38.5 Å². The van der Waals surface area contributed by atoms with E-state index >= 15 is 0 Å². The first kappa shape index (κ1) is 16.3. The van der Waals surface area contributed by atoms with Crippen molar-refractivity contribution in [2.75, 3.05) is 19.4 Å². The molecule has 1 saturated carbocycles. The Hall–Kier alpha value is -1.08. The van der Waals surface area contributed by atoms with Gasteiger partial charge in [0.05, 0.1) is 18.4 Å². The second-order valence-electron chi connectivity index (χ2n) is 5.88. The Bertz CT molecular complexity index is 527. The highest BCUT2D eigenvalue weighted by Crippen LogP contribution is 2.26. The summed E-state index contributed by atoms with van der Waals surface area (Å²) in [5.41, 5.74) is 0.715. The van der Waals surface area contributed by atoms with Crippen LogP contribution in [0.15, 0.2) is 11.3 Å². The standard InChI is InChI=1S/C14H24N2O4S/c1-10-12(6-4-8-20-10)14(17)15-9-11-5-3-7-13(11)16-21(2,18)19/h11,13,16H,3-9H2,1-2H3,(H,15,17)/t11-,13-/m1/s1. The number of carbonyl (C=O) groups excluding carboxylic acids is 1. The summed E-state index contributed by atoms with van der Waals surface area (Å²) >= 11 is 0. The molecule has 21 heavy (non-hydrogen) atoms. The maximum Gasteiger partial charge on any atom is 0.250 e. The minimum absolute atomic E-state index is 0.0713. The Kier molecular flexibility index (Phi) is 5.27. The molecule has 2 atom stereocenters. The predicted molar refractivity (Wildman–Crippen MR) is 80.0 cm³/mol. The summed E-state index contributed by atoms with van der Waals surface area (Å²) in [5.74, 6) is 0.780. The van der Waals surface area contributed by atoms with E-state index in [-0.39, 0.29) is 17.9 Å². The monoisotopic (exact) mass is 316 g/mol. The lowest BCUT2D eigenvalue weighted by atomic mass is 10.0. The lowest BCUT2D eigenvalue weighted by Gasteiger charge is -2.22. The molecule has 1 fully saturated rings. The largest absolute Gasteiger partial charge is 0.498 e. The van der Waals surface area contributed by atoms with E-state index in [0.717, 1.165) is 32.1 Å². The Morgan fingerprint density at radius 1 is 1.33 bits per heavy atom. The Labute approximate surface area is 126 Å². The molecule has 0 aromatic heterocycles. The third-order valence-corrected chi connectivity index (χ3v) is 4.87. The molecule has 0 unspecified atom stereocenters. The van der Waals surface area contributed by atoms with Crippen LogP contribution in [-0.2, 0) is 19.6 Å². The summed E-state index contributed by atoms with van der Waals surface area (Å²) < 4.78 is 30.7. The van der Waals surface area contributed by atoms with Crippen LogP contribution in [0.2, 0.25) is 0 Å². The number of allylic oxidation sites excluding steroid dienone is 1. The molecule has 1 aliphatic heterocycles. The number of amides is 1. The van der Waals surface area contributed by atoms with Crippen LogP contribution >= 0.6 is 0 Å². The van der Waals surface area contributed by atoms with Gasteiger partial charge in [0.15, 0.2) is 0 Å². The van der Waals surface area contributed by atoms with E-state index in [1.54, 1.807) is 0 Å². The number of hydrogen-bond donors (Lipinski definition) is 2. The summed E-state index contributed by atoms with van der Waals surface area (Å²) in [5, 5.41) is 2.93. The quantitative estimate of drug-likeness (QED) is 0.789. The maximum absolute atomic E-state index is 12.2. The first-order valence-corrected chi connectivity index (χ1v) is 9.34. The number of hydrogen-bond acceptors (Lipinski definition) is 4. The van der Waals surface area contributed by atoms with Gasteiger partial charge in [0.1, 0.15) is 5.76 Å². The molecule has 0 bridgehead atoms. The molecule has 2 N–H and O–H groups in total. The fraction of sp³-hybridized carbons (Fsp3) is 0.786. The van der Waals surface area contributed by atoms with Crippen LogP contribution in [0.3, 0.4) is 0 Å². The molecule has 1 amide bonds. The summed E-state index contributed by atoms with van der Waals surface area (Å²) in [7, 11) is -3.20. The first-order chi connectivity index (χ1) is 9.87. The Morgan fingerprint density at radius 2 is 2.10 bits per heavy atom. The minimum atomic E-state index is -3.20. The van der Waals surface area contributed by atoms with Crippen molar-refractivity contribution in [2.45, 2.75) is 45.1 Å². The van der Waals surface area contributed by atoms with E-state index < -0.39 is 10.0 Å². The first-order valence-electron chi connectivity index (χ1n) is 7.45. The summed E-state index contributed by atoms with van der Waals surface area (Å²) in [6, 6.07) is -0.0713. The van der Waals surface area contributed by atoms with Gasteiger partial charge in [-0.3, -0.25) is 4.79 Å². The fourth-order valence-corrected chi connectivity index (χ4v) is 3.91. The molecule has 0 saturated heterocycles. The van der Waals surface area contributed by atoms with Gasteiger partial charge >= 0.3 is 0 Å². The van der Waals surface area contributed by atoms with Gasteiger partial charge in [0.2, 0.25) is 10.0 Å². The van der Waals surface area contributed by atoms with Crippen LogP contribution in [-0.4, -0.2) is 39.8 Å². The zero-order valence-corrected chi connectivity index (χ0v) is 13.5. The molecule has 1 aliphatic carbocycles. The Morgan fingerprint density at radius 3 is 2.76 bits per heavy atom. The Balaban J connectivity index is 1.88. The smallest absolute Gasteiger partial charge is 0.250 e. The van der Waals surface area contributed by atoms with Crippen molar-refractivity contribution in [3.8, 4) is 0 Å². The van der Waals surface area contributed by atoms with Gasteiger partial charge in [0, 0.05) is 12.6 Å². The van der Waals surface area contributed by atoms with Gasteiger partial charge in [-0.1, -0.05) is 6.42 Å². The number of rotatable bonds is 5. The van der Waals surface area contributed by atoms with Gasteiger partial charge in [-0.2, -0.15) is 0 Å². The van der Waals surface area contributed by atoms with E-state index in [1.807, 2.05) is 6.92 Å². The highest BCUT2D eigenvalue weighted by atomic mass is 32.2. The second kappa shape index (κ2) is 6.79. The van der Waals surface area contributed by atoms with Crippen molar-refractivity contribution in [1.82, 2.24) is 10.0 Å². The molecule has 2 aliphatic rings. The summed E-state index contributed by atoms with van der Waals surface area (Å²) in [6.07, 6.45) is 5.53. The summed E-state index contributed by atoms with van der Waals surface area (Å²) in [4.78, 5) is 12.2. The highest BCUT2D eigenvalue weighted by molar-refractivity contribution is 7.88. The van der Waals surface area contributed by atoms with Crippen LogP contribution in [0.25, 0.3) is 0 Å². The van der Waals surface area contributed by atoms with Gasteiger partial charge in [0.25, 0.3) is 5.91 Å². The number of carbonyl (C=O) groups is 1. The van der Waals surface area contributed by atoms with Gasteiger partial charge < -0.3 is 10.1 Å². The lowest BCUT2D eigenvalue weighted by molar-refractivity contribution is -0.118. The third kappa shape index (κ3) is 4.71. The third-order valence-electron chi connectivity index (χ3n) is 4.14. The molecule has 0 aromatic carbocycles. The molecular formula is C14H24N2O4S. The fourth-order valence-electron chi connectivity index (χ4n) is 3.05. The highest BCUT2D eigenvalue weighted by Gasteiger charge is 2.30. The SMILES string of the molecule is CC1=C(C(=O)NC[C@H]2CCC[C@H]2NS(C)(=O)=O)CCCO1. The van der Waals surface area contributed by atoms with Crippen molar-refractivity contribution in [3.63, 3.8) is 0 Å². The molecule has 1 heterocycles. The van der Waals surface area contributed by atoms with Crippen LogP contribution in [0.5, 0.6) is 0 Å². The molecule has 0 spiro atoms. The van der Waals surface area contributed by atoms with Crippen LogP contribution < -0.4 is 10.0 Å². The van der Waals surface area contributed by atoms with Crippen LogP contribution in [0.4, 0.5) is 0 Å². The van der Waals surface area contributed by atoms with E-state index in [0.29, 0.717) is 24.5 Å². The van der Waals surface area contributed by atoms with E-state index in [1.165, 1.54) is 6.26 Å². The number of sulfonamides is 1. The van der Waals surface area contributed by atoms with E-state index in [9.17, 15) is 13.2 Å². The van der Waals surface area contributed by atoms with Crippen molar-refractivity contribution in [1.29, 1.82) is 0 Å². The van der Waals surface area contributed by atoms with Gasteiger partial charge in [-0.15, -0.1) is 0 Å².